The number of halogens is 1. The van der Waals surface area contributed by atoms with Crippen LogP contribution in [0.15, 0.2) is 53.4 Å². The van der Waals surface area contributed by atoms with Gasteiger partial charge in [-0.25, -0.2) is 8.42 Å². The second kappa shape index (κ2) is 10.2. The molecule has 1 atom stereocenters. The van der Waals surface area contributed by atoms with E-state index in [4.69, 9.17) is 16.3 Å². The van der Waals surface area contributed by atoms with Crippen LogP contribution in [0.25, 0.3) is 0 Å². The molecule has 0 radical (unpaired) electrons. The van der Waals surface area contributed by atoms with E-state index in [0.717, 1.165) is 37.6 Å². The van der Waals surface area contributed by atoms with Gasteiger partial charge in [-0.15, -0.1) is 0 Å². The molecule has 2 heterocycles. The lowest BCUT2D eigenvalue weighted by Crippen LogP contribution is -2.45. The largest absolute Gasteiger partial charge is 0.378 e. The first-order chi connectivity index (χ1) is 15.4. The number of carbonyl (C=O) groups is 1. The third-order valence-corrected chi connectivity index (χ3v) is 8.12. The fraction of sp³-hybridized carbons (Fsp3) is 0.435. The second-order valence-corrected chi connectivity index (χ2v) is 10.5. The number of rotatable bonds is 6. The molecular formula is C23H28ClN3O4S. The molecule has 4 rings (SSSR count). The Morgan fingerprint density at radius 3 is 2.41 bits per heavy atom. The molecule has 32 heavy (non-hydrogen) atoms. The van der Waals surface area contributed by atoms with Crippen molar-refractivity contribution in [2.75, 3.05) is 44.3 Å². The number of morpholine rings is 1. The zero-order valence-corrected chi connectivity index (χ0v) is 19.4. The number of sulfonamides is 1. The van der Waals surface area contributed by atoms with Crippen LogP contribution in [0.2, 0.25) is 5.02 Å². The van der Waals surface area contributed by atoms with E-state index >= 15 is 0 Å². The normalized spacial score (nSPS) is 20.2. The van der Waals surface area contributed by atoms with Crippen molar-refractivity contribution in [1.82, 2.24) is 9.62 Å². The zero-order chi connectivity index (χ0) is 22.6. The maximum absolute atomic E-state index is 12.9. The topological polar surface area (TPSA) is 79.0 Å². The number of ether oxygens (including phenoxy) is 1. The third-order valence-electron chi connectivity index (χ3n) is 5.99. The SMILES string of the molecule is O=C(NCc1ccc(N2CCOCC2)cc1)[C@H]1CCCN(S(=O)(=O)c2ccc(Cl)cc2)C1. The summed E-state index contributed by atoms with van der Waals surface area (Å²) in [6, 6.07) is 14.3. The molecule has 2 aromatic rings. The van der Waals surface area contributed by atoms with Gasteiger partial charge in [-0.05, 0) is 54.8 Å². The van der Waals surface area contributed by atoms with Gasteiger partial charge in [-0.3, -0.25) is 4.79 Å². The summed E-state index contributed by atoms with van der Waals surface area (Å²) in [6.45, 7) is 4.27. The van der Waals surface area contributed by atoms with Crippen molar-refractivity contribution in [2.45, 2.75) is 24.3 Å². The molecule has 0 saturated carbocycles. The molecular weight excluding hydrogens is 450 g/mol. The van der Waals surface area contributed by atoms with Crippen molar-refractivity contribution < 1.29 is 17.9 Å². The molecule has 0 unspecified atom stereocenters. The average molecular weight is 478 g/mol. The van der Waals surface area contributed by atoms with Crippen LogP contribution < -0.4 is 10.2 Å². The third kappa shape index (κ3) is 5.43. The summed E-state index contributed by atoms with van der Waals surface area (Å²) in [7, 11) is -3.65. The summed E-state index contributed by atoms with van der Waals surface area (Å²) in [4.78, 5) is 15.2. The van der Waals surface area contributed by atoms with Gasteiger partial charge in [-0.1, -0.05) is 23.7 Å². The van der Waals surface area contributed by atoms with Crippen LogP contribution in [-0.4, -0.2) is 58.0 Å². The number of nitrogens with one attached hydrogen (secondary N) is 1. The predicted octanol–water partition coefficient (Wildman–Crippen LogP) is 2.89. The van der Waals surface area contributed by atoms with Crippen LogP contribution in [0, 0.1) is 5.92 Å². The van der Waals surface area contributed by atoms with Crippen molar-refractivity contribution in [3.63, 3.8) is 0 Å². The minimum absolute atomic E-state index is 0.113. The molecule has 0 bridgehead atoms. The second-order valence-electron chi connectivity index (χ2n) is 8.14. The lowest BCUT2D eigenvalue weighted by atomic mass is 9.98. The highest BCUT2D eigenvalue weighted by Crippen LogP contribution is 2.25. The van der Waals surface area contributed by atoms with E-state index in [-0.39, 0.29) is 23.3 Å². The molecule has 0 aromatic heterocycles. The van der Waals surface area contributed by atoms with Gasteiger partial charge in [0.15, 0.2) is 0 Å². The number of hydrogen-bond acceptors (Lipinski definition) is 5. The summed E-state index contributed by atoms with van der Waals surface area (Å²) < 4.78 is 32.7. The highest BCUT2D eigenvalue weighted by atomic mass is 35.5. The van der Waals surface area contributed by atoms with Gasteiger partial charge in [-0.2, -0.15) is 4.31 Å². The Morgan fingerprint density at radius 1 is 1.03 bits per heavy atom. The van der Waals surface area contributed by atoms with Gasteiger partial charge in [0.05, 0.1) is 24.0 Å². The van der Waals surface area contributed by atoms with Crippen molar-refractivity contribution in [1.29, 1.82) is 0 Å². The van der Waals surface area contributed by atoms with Crippen molar-refractivity contribution in [3.05, 3.63) is 59.1 Å². The number of hydrogen-bond donors (Lipinski definition) is 1. The van der Waals surface area contributed by atoms with E-state index in [1.165, 1.54) is 16.4 Å². The molecule has 172 valence electrons. The van der Waals surface area contributed by atoms with Crippen LogP contribution in [0.4, 0.5) is 5.69 Å². The Labute approximate surface area is 194 Å². The zero-order valence-electron chi connectivity index (χ0n) is 17.9. The van der Waals surface area contributed by atoms with Crippen molar-refractivity contribution in [2.24, 2.45) is 5.92 Å². The number of carbonyl (C=O) groups excluding carboxylic acids is 1. The number of benzene rings is 2. The van der Waals surface area contributed by atoms with Crippen LogP contribution in [-0.2, 0) is 26.1 Å². The van der Waals surface area contributed by atoms with E-state index in [0.29, 0.717) is 31.0 Å². The Bertz CT molecular complexity index is 1020. The summed E-state index contributed by atoms with van der Waals surface area (Å²) in [6.07, 6.45) is 1.33. The quantitative estimate of drug-likeness (QED) is 0.692. The van der Waals surface area contributed by atoms with Gasteiger partial charge in [0.2, 0.25) is 15.9 Å². The molecule has 1 N–H and O–H groups in total. The minimum Gasteiger partial charge on any atom is -0.378 e. The lowest BCUT2D eigenvalue weighted by molar-refractivity contribution is -0.126. The standard InChI is InChI=1S/C23H28ClN3O4S/c24-20-5-9-22(10-6-20)32(29,30)27-11-1-2-19(17-27)23(28)25-16-18-3-7-21(8-4-18)26-12-14-31-15-13-26/h3-10,19H,1-2,11-17H2,(H,25,28)/t19-/m0/s1. The minimum atomic E-state index is -3.65. The molecule has 7 nitrogen and oxygen atoms in total. The lowest BCUT2D eigenvalue weighted by Gasteiger charge is -2.31. The summed E-state index contributed by atoms with van der Waals surface area (Å²) in [5.74, 6) is -0.475. The summed E-state index contributed by atoms with van der Waals surface area (Å²) in [5.41, 5.74) is 2.16. The Balaban J connectivity index is 1.33. The predicted molar refractivity (Wildman–Crippen MR) is 124 cm³/mol. The maximum Gasteiger partial charge on any atom is 0.243 e. The van der Waals surface area contributed by atoms with E-state index in [9.17, 15) is 13.2 Å². The van der Waals surface area contributed by atoms with Gasteiger partial charge in [0.25, 0.3) is 0 Å². The first-order valence-corrected chi connectivity index (χ1v) is 12.7. The van der Waals surface area contributed by atoms with Gasteiger partial charge in [0.1, 0.15) is 0 Å². The van der Waals surface area contributed by atoms with Crippen molar-refractivity contribution >= 4 is 33.2 Å². The molecule has 0 spiro atoms. The average Bonchev–Trinajstić information content (AvgIpc) is 2.84. The Morgan fingerprint density at radius 2 is 1.72 bits per heavy atom. The highest BCUT2D eigenvalue weighted by molar-refractivity contribution is 7.89. The molecule has 9 heteroatoms. The smallest absolute Gasteiger partial charge is 0.243 e. The molecule has 2 aliphatic heterocycles. The maximum atomic E-state index is 12.9. The van der Waals surface area contributed by atoms with Crippen LogP contribution >= 0.6 is 11.6 Å². The highest BCUT2D eigenvalue weighted by Gasteiger charge is 2.33. The number of amides is 1. The first kappa shape index (κ1) is 23.0. The fourth-order valence-electron chi connectivity index (χ4n) is 4.11. The van der Waals surface area contributed by atoms with Crippen LogP contribution in [0.5, 0.6) is 0 Å². The molecule has 0 aliphatic carbocycles. The van der Waals surface area contributed by atoms with Gasteiger partial charge in [0, 0.05) is 43.4 Å². The molecule has 2 aliphatic rings. The molecule has 2 aromatic carbocycles. The van der Waals surface area contributed by atoms with E-state index in [1.54, 1.807) is 12.1 Å². The fourth-order valence-corrected chi connectivity index (χ4v) is 5.76. The molecule has 2 saturated heterocycles. The summed E-state index contributed by atoms with van der Waals surface area (Å²) in [5, 5.41) is 3.46. The Hall–Kier alpha value is -2.13. The first-order valence-electron chi connectivity index (χ1n) is 10.9. The van der Waals surface area contributed by atoms with E-state index in [1.807, 2.05) is 12.1 Å². The van der Waals surface area contributed by atoms with Crippen molar-refractivity contribution in [3.8, 4) is 0 Å². The Kier molecular flexibility index (Phi) is 7.35. The van der Waals surface area contributed by atoms with Crippen LogP contribution in [0.3, 0.4) is 0 Å². The van der Waals surface area contributed by atoms with E-state index < -0.39 is 10.0 Å². The molecule has 2 fully saturated rings. The van der Waals surface area contributed by atoms with E-state index in [2.05, 4.69) is 22.3 Å². The number of anilines is 1. The number of piperidine rings is 1. The van der Waals surface area contributed by atoms with Gasteiger partial charge < -0.3 is 15.0 Å². The summed E-state index contributed by atoms with van der Waals surface area (Å²) >= 11 is 5.88. The van der Waals surface area contributed by atoms with Crippen LogP contribution in [0.1, 0.15) is 18.4 Å². The monoisotopic (exact) mass is 477 g/mol. The number of nitrogens with zero attached hydrogens (tertiary/aromatic N) is 2. The van der Waals surface area contributed by atoms with Gasteiger partial charge >= 0.3 is 0 Å². The molecule has 1 amide bonds.